The second-order valence-corrected chi connectivity index (χ2v) is 3.35. The van der Waals surface area contributed by atoms with Crippen LogP contribution < -0.4 is 5.32 Å². The van der Waals surface area contributed by atoms with Crippen molar-refractivity contribution in [2.45, 2.75) is 19.5 Å². The Hall–Kier alpha value is -1.69. The third kappa shape index (κ3) is 2.90. The molecule has 0 heterocycles. The monoisotopic (exact) mass is 231 g/mol. The maximum atomic E-state index is 12.9. The average Bonchev–Trinajstić information content (AvgIpc) is 2.22. The van der Waals surface area contributed by atoms with Gasteiger partial charge in [-0.2, -0.15) is 0 Å². The van der Waals surface area contributed by atoms with Gasteiger partial charge < -0.3 is 15.5 Å². The normalized spacial score (nSPS) is 12.4. The largest absolute Gasteiger partial charge is 0.503 e. The number of phenolic OH excluding ortho intramolecular Hbond substituents is 1. The Bertz CT molecular complexity index is 386. The number of rotatable bonds is 4. The lowest BCUT2D eigenvalue weighted by atomic mass is 10.2. The average molecular weight is 231 g/mol. The van der Waals surface area contributed by atoms with Crippen LogP contribution in [-0.4, -0.2) is 22.2 Å². The number of carboxylic acids is 1. The number of aliphatic carboxylic acids is 1. The van der Waals surface area contributed by atoms with E-state index in [1.54, 1.807) is 0 Å². The minimum absolute atomic E-state index is 0.00157. The van der Waals surface area contributed by atoms with E-state index in [9.17, 15) is 13.6 Å². The minimum atomic E-state index is -1.07. The summed E-state index contributed by atoms with van der Waals surface area (Å²) in [4.78, 5) is 10.5. The Morgan fingerprint density at radius 3 is 2.38 bits per heavy atom. The van der Waals surface area contributed by atoms with Crippen LogP contribution in [-0.2, 0) is 11.3 Å². The first-order chi connectivity index (χ1) is 7.41. The summed E-state index contributed by atoms with van der Waals surface area (Å²) in [5, 5.41) is 20.0. The van der Waals surface area contributed by atoms with Crippen LogP contribution in [0.3, 0.4) is 0 Å². The van der Waals surface area contributed by atoms with E-state index in [0.29, 0.717) is 0 Å². The number of aromatic hydroxyl groups is 1. The predicted molar refractivity (Wildman–Crippen MR) is 52.0 cm³/mol. The van der Waals surface area contributed by atoms with E-state index in [4.69, 9.17) is 10.2 Å². The molecular weight excluding hydrogens is 220 g/mol. The molecule has 0 aliphatic carbocycles. The van der Waals surface area contributed by atoms with Gasteiger partial charge in [-0.25, -0.2) is 8.78 Å². The number of hydrogen-bond donors (Lipinski definition) is 3. The van der Waals surface area contributed by atoms with Crippen LogP contribution in [0.25, 0.3) is 0 Å². The molecule has 0 fully saturated rings. The zero-order valence-electron chi connectivity index (χ0n) is 8.50. The van der Waals surface area contributed by atoms with Gasteiger partial charge in [0.2, 0.25) is 0 Å². The molecule has 0 radical (unpaired) electrons. The predicted octanol–water partition coefficient (Wildman–Crippen LogP) is 1.23. The molecule has 1 aromatic carbocycles. The number of hydrogen-bond acceptors (Lipinski definition) is 3. The van der Waals surface area contributed by atoms with Crippen molar-refractivity contribution in [1.82, 2.24) is 5.32 Å². The van der Waals surface area contributed by atoms with E-state index in [1.165, 1.54) is 6.92 Å². The fourth-order valence-electron chi connectivity index (χ4n) is 1.08. The SMILES string of the molecule is CC(NCc1cc(F)c(O)c(F)c1)C(=O)O. The lowest BCUT2D eigenvalue weighted by Gasteiger charge is -2.09. The molecule has 1 atom stereocenters. The van der Waals surface area contributed by atoms with Crippen LogP contribution in [0.15, 0.2) is 12.1 Å². The van der Waals surface area contributed by atoms with E-state index in [-0.39, 0.29) is 12.1 Å². The number of halogens is 2. The Morgan fingerprint density at radius 1 is 1.44 bits per heavy atom. The molecule has 16 heavy (non-hydrogen) atoms. The molecule has 0 bridgehead atoms. The number of carboxylic acid groups (broad SMARTS) is 1. The summed E-state index contributed by atoms with van der Waals surface area (Å²) in [6.45, 7) is 1.41. The van der Waals surface area contributed by atoms with Crippen molar-refractivity contribution in [3.8, 4) is 5.75 Å². The molecule has 0 aliphatic heterocycles. The molecular formula is C10H11F2NO3. The highest BCUT2D eigenvalue weighted by Gasteiger charge is 2.12. The topological polar surface area (TPSA) is 69.6 Å². The van der Waals surface area contributed by atoms with Gasteiger partial charge in [-0.3, -0.25) is 4.79 Å². The molecule has 1 aromatic rings. The van der Waals surface area contributed by atoms with Gasteiger partial charge in [0.1, 0.15) is 6.04 Å². The highest BCUT2D eigenvalue weighted by atomic mass is 19.1. The summed E-state index contributed by atoms with van der Waals surface area (Å²) in [5.74, 6) is -4.23. The smallest absolute Gasteiger partial charge is 0.320 e. The number of benzene rings is 1. The van der Waals surface area contributed by atoms with Crippen LogP contribution in [0, 0.1) is 11.6 Å². The lowest BCUT2D eigenvalue weighted by molar-refractivity contribution is -0.139. The summed E-state index contributed by atoms with van der Waals surface area (Å²) in [5.41, 5.74) is 0.223. The summed E-state index contributed by atoms with van der Waals surface area (Å²) < 4.78 is 25.8. The summed E-state index contributed by atoms with van der Waals surface area (Å²) in [6, 6.07) is 1.07. The van der Waals surface area contributed by atoms with Crippen LogP contribution >= 0.6 is 0 Å². The van der Waals surface area contributed by atoms with E-state index in [1.807, 2.05) is 0 Å². The molecule has 3 N–H and O–H groups in total. The Balaban J connectivity index is 2.72. The van der Waals surface area contributed by atoms with Crippen molar-refractivity contribution < 1.29 is 23.8 Å². The van der Waals surface area contributed by atoms with Gasteiger partial charge in [-0.05, 0) is 24.6 Å². The molecule has 0 aliphatic rings. The maximum absolute atomic E-state index is 12.9. The van der Waals surface area contributed by atoms with E-state index in [2.05, 4.69) is 5.32 Å². The van der Waals surface area contributed by atoms with Crippen molar-refractivity contribution >= 4 is 5.97 Å². The van der Waals surface area contributed by atoms with E-state index in [0.717, 1.165) is 12.1 Å². The first kappa shape index (κ1) is 12.4. The number of nitrogens with one attached hydrogen (secondary N) is 1. The molecule has 1 rings (SSSR count). The van der Waals surface area contributed by atoms with E-state index >= 15 is 0 Å². The fraction of sp³-hybridized carbons (Fsp3) is 0.300. The van der Waals surface area contributed by atoms with Crippen molar-refractivity contribution in [1.29, 1.82) is 0 Å². The Morgan fingerprint density at radius 2 is 1.94 bits per heavy atom. The van der Waals surface area contributed by atoms with Gasteiger partial charge in [-0.1, -0.05) is 0 Å². The summed E-state index contributed by atoms with van der Waals surface area (Å²) >= 11 is 0. The number of phenols is 1. The standard InChI is InChI=1S/C10H11F2NO3/c1-5(10(15)16)13-4-6-2-7(11)9(14)8(12)3-6/h2-3,5,13-14H,4H2,1H3,(H,15,16). The van der Waals surface area contributed by atoms with Crippen LogP contribution in [0.2, 0.25) is 0 Å². The lowest BCUT2D eigenvalue weighted by Crippen LogP contribution is -2.33. The van der Waals surface area contributed by atoms with Crippen molar-refractivity contribution in [3.63, 3.8) is 0 Å². The quantitative estimate of drug-likeness (QED) is 0.729. The van der Waals surface area contributed by atoms with Gasteiger partial charge in [0.25, 0.3) is 0 Å². The molecule has 88 valence electrons. The third-order valence-electron chi connectivity index (χ3n) is 2.06. The molecule has 1 unspecified atom stereocenters. The van der Waals surface area contributed by atoms with Gasteiger partial charge in [0, 0.05) is 6.54 Å². The van der Waals surface area contributed by atoms with Crippen LogP contribution in [0.5, 0.6) is 5.75 Å². The van der Waals surface area contributed by atoms with E-state index < -0.39 is 29.4 Å². The van der Waals surface area contributed by atoms with Crippen molar-refractivity contribution in [3.05, 3.63) is 29.3 Å². The molecule has 4 nitrogen and oxygen atoms in total. The zero-order valence-corrected chi connectivity index (χ0v) is 8.50. The summed E-state index contributed by atoms with van der Waals surface area (Å²) in [6.07, 6.45) is 0. The van der Waals surface area contributed by atoms with Crippen molar-refractivity contribution in [2.75, 3.05) is 0 Å². The minimum Gasteiger partial charge on any atom is -0.503 e. The highest BCUT2D eigenvalue weighted by molar-refractivity contribution is 5.72. The molecule has 0 saturated heterocycles. The zero-order chi connectivity index (χ0) is 12.3. The first-order valence-corrected chi connectivity index (χ1v) is 4.55. The maximum Gasteiger partial charge on any atom is 0.320 e. The second-order valence-electron chi connectivity index (χ2n) is 3.35. The molecule has 0 aromatic heterocycles. The van der Waals surface area contributed by atoms with Crippen LogP contribution in [0.4, 0.5) is 8.78 Å². The highest BCUT2D eigenvalue weighted by Crippen LogP contribution is 2.21. The molecule has 0 spiro atoms. The Labute approximate surface area is 90.5 Å². The fourth-order valence-corrected chi connectivity index (χ4v) is 1.08. The number of carbonyl (C=O) groups is 1. The van der Waals surface area contributed by atoms with Gasteiger partial charge in [-0.15, -0.1) is 0 Å². The molecule has 6 heteroatoms. The van der Waals surface area contributed by atoms with Crippen molar-refractivity contribution in [2.24, 2.45) is 0 Å². The first-order valence-electron chi connectivity index (χ1n) is 4.55. The van der Waals surface area contributed by atoms with Gasteiger partial charge in [0.15, 0.2) is 17.4 Å². The summed E-state index contributed by atoms with van der Waals surface area (Å²) in [7, 11) is 0. The second kappa shape index (κ2) is 4.89. The third-order valence-corrected chi connectivity index (χ3v) is 2.06. The van der Waals surface area contributed by atoms with Crippen LogP contribution in [0.1, 0.15) is 12.5 Å². The molecule has 0 saturated carbocycles. The van der Waals surface area contributed by atoms with Gasteiger partial charge in [0.05, 0.1) is 0 Å². The van der Waals surface area contributed by atoms with Gasteiger partial charge >= 0.3 is 5.97 Å². The molecule has 0 amide bonds. The Kier molecular flexibility index (Phi) is 3.78.